The van der Waals surface area contributed by atoms with Crippen molar-refractivity contribution in [3.05, 3.63) is 0 Å². The van der Waals surface area contributed by atoms with Crippen molar-refractivity contribution < 1.29 is 28.6 Å². The maximum atomic E-state index is 12.9. The summed E-state index contributed by atoms with van der Waals surface area (Å²) in [7, 11) is 0. The molecule has 0 unspecified atom stereocenters. The van der Waals surface area contributed by atoms with Crippen molar-refractivity contribution in [1.29, 1.82) is 0 Å². The van der Waals surface area contributed by atoms with Crippen LogP contribution in [0.3, 0.4) is 0 Å². The Morgan fingerprint density at radius 1 is 0.268 bits per heavy atom. The molecule has 6 nitrogen and oxygen atoms in total. The predicted molar refractivity (Wildman–Crippen MR) is 307 cm³/mol. The van der Waals surface area contributed by atoms with Gasteiger partial charge in [0.05, 0.1) is 0 Å². The highest BCUT2D eigenvalue weighted by Crippen LogP contribution is 2.19. The third-order valence-electron chi connectivity index (χ3n) is 15.0. The molecule has 422 valence electrons. The van der Waals surface area contributed by atoms with Gasteiger partial charge in [-0.2, -0.15) is 0 Å². The van der Waals surface area contributed by atoms with Crippen molar-refractivity contribution in [3.8, 4) is 0 Å². The van der Waals surface area contributed by atoms with Crippen molar-refractivity contribution in [2.45, 2.75) is 375 Å². The molecule has 0 aliphatic rings. The minimum atomic E-state index is -0.763. The van der Waals surface area contributed by atoms with Crippen molar-refractivity contribution in [2.24, 2.45) is 11.8 Å². The first-order valence-corrected chi connectivity index (χ1v) is 32.2. The molecule has 0 fully saturated rings. The minimum absolute atomic E-state index is 0.0617. The third kappa shape index (κ3) is 59.2. The number of rotatable bonds is 59. The summed E-state index contributed by atoms with van der Waals surface area (Å²) in [4.78, 5) is 38.3. The molecule has 0 aromatic rings. The molecule has 0 aromatic carbocycles. The van der Waals surface area contributed by atoms with E-state index in [1.807, 2.05) is 0 Å². The number of hydrogen-bond acceptors (Lipinski definition) is 6. The number of unbranched alkanes of at least 4 members (excludes halogenated alkanes) is 44. The van der Waals surface area contributed by atoms with E-state index in [0.29, 0.717) is 19.3 Å². The lowest BCUT2D eigenvalue weighted by atomic mass is 10.0. The summed E-state index contributed by atoms with van der Waals surface area (Å²) in [6.07, 6.45) is 63.9. The van der Waals surface area contributed by atoms with Crippen molar-refractivity contribution in [2.75, 3.05) is 13.2 Å². The second kappa shape index (κ2) is 57.7. The van der Waals surface area contributed by atoms with Gasteiger partial charge in [0.1, 0.15) is 13.2 Å². The fourth-order valence-electron chi connectivity index (χ4n) is 10.1. The molecule has 0 N–H and O–H groups in total. The molecule has 0 heterocycles. The van der Waals surface area contributed by atoms with E-state index in [1.54, 1.807) is 0 Å². The Balaban J connectivity index is 4.26. The van der Waals surface area contributed by atoms with Crippen LogP contribution in [-0.4, -0.2) is 37.2 Å². The van der Waals surface area contributed by atoms with Crippen molar-refractivity contribution in [3.63, 3.8) is 0 Å². The van der Waals surface area contributed by atoms with E-state index in [-0.39, 0.29) is 31.1 Å². The van der Waals surface area contributed by atoms with Gasteiger partial charge in [-0.25, -0.2) is 0 Å². The van der Waals surface area contributed by atoms with E-state index in [2.05, 4.69) is 34.6 Å². The Labute approximate surface area is 444 Å². The van der Waals surface area contributed by atoms with E-state index in [1.165, 1.54) is 257 Å². The van der Waals surface area contributed by atoms with Crippen LogP contribution in [0.5, 0.6) is 0 Å². The second-order valence-electron chi connectivity index (χ2n) is 23.4. The maximum absolute atomic E-state index is 12.9. The lowest BCUT2D eigenvalue weighted by molar-refractivity contribution is -0.167. The van der Waals surface area contributed by atoms with Crippen LogP contribution in [0.1, 0.15) is 369 Å². The summed E-state index contributed by atoms with van der Waals surface area (Å²) in [5.41, 5.74) is 0. The summed E-state index contributed by atoms with van der Waals surface area (Å²) < 4.78 is 17.0. The van der Waals surface area contributed by atoms with Gasteiger partial charge in [-0.15, -0.1) is 0 Å². The first-order valence-electron chi connectivity index (χ1n) is 32.2. The highest BCUT2D eigenvalue weighted by atomic mass is 16.6. The number of esters is 3. The molecule has 1 atom stereocenters. The van der Waals surface area contributed by atoms with Crippen LogP contribution in [0.2, 0.25) is 0 Å². The molecule has 0 bridgehead atoms. The second-order valence-corrected chi connectivity index (χ2v) is 23.4. The summed E-state index contributed by atoms with van der Waals surface area (Å²) in [5, 5.41) is 0. The Hall–Kier alpha value is -1.59. The van der Waals surface area contributed by atoms with Gasteiger partial charge in [0.2, 0.25) is 0 Å². The number of carbonyl (C=O) groups is 3. The Bertz CT molecular complexity index is 1090. The van der Waals surface area contributed by atoms with E-state index in [4.69, 9.17) is 14.2 Å². The summed E-state index contributed by atoms with van der Waals surface area (Å²) in [6, 6.07) is 0. The van der Waals surface area contributed by atoms with Gasteiger partial charge < -0.3 is 14.2 Å². The van der Waals surface area contributed by atoms with Gasteiger partial charge >= 0.3 is 17.9 Å². The minimum Gasteiger partial charge on any atom is -0.462 e. The summed E-state index contributed by atoms with van der Waals surface area (Å²) >= 11 is 0. The molecule has 6 heteroatoms. The Morgan fingerprint density at radius 3 is 0.690 bits per heavy atom. The quantitative estimate of drug-likeness (QED) is 0.0343. The first-order chi connectivity index (χ1) is 34.7. The van der Waals surface area contributed by atoms with E-state index in [0.717, 1.165) is 69.6 Å². The number of ether oxygens (including phenoxy) is 3. The molecule has 0 spiro atoms. The van der Waals surface area contributed by atoms with E-state index < -0.39 is 6.10 Å². The van der Waals surface area contributed by atoms with Crippen molar-refractivity contribution >= 4 is 17.9 Å². The van der Waals surface area contributed by atoms with Crippen LogP contribution in [0.15, 0.2) is 0 Å². The van der Waals surface area contributed by atoms with Gasteiger partial charge in [-0.1, -0.05) is 330 Å². The molecule has 0 amide bonds. The maximum Gasteiger partial charge on any atom is 0.306 e. The lowest BCUT2D eigenvalue weighted by Gasteiger charge is -2.18. The van der Waals surface area contributed by atoms with Crippen LogP contribution in [0.25, 0.3) is 0 Å². The van der Waals surface area contributed by atoms with E-state index in [9.17, 15) is 14.4 Å². The highest BCUT2D eigenvalue weighted by Gasteiger charge is 2.19. The van der Waals surface area contributed by atoms with Gasteiger partial charge in [-0.3, -0.25) is 14.4 Å². The molecule has 0 rings (SSSR count). The number of hydrogen-bond donors (Lipinski definition) is 0. The third-order valence-corrected chi connectivity index (χ3v) is 15.0. The van der Waals surface area contributed by atoms with Crippen LogP contribution < -0.4 is 0 Å². The molecule has 0 aliphatic carbocycles. The Morgan fingerprint density at radius 2 is 0.465 bits per heavy atom. The van der Waals surface area contributed by atoms with Crippen LogP contribution in [0.4, 0.5) is 0 Å². The highest BCUT2D eigenvalue weighted by molar-refractivity contribution is 5.71. The monoisotopic (exact) mass is 1000 g/mol. The average molecular weight is 1000 g/mol. The molecule has 0 aromatic heterocycles. The zero-order valence-corrected chi connectivity index (χ0v) is 48.9. The SMILES string of the molecule is CCCCCCCCCCCCCCCCCC(=O)O[C@@H](COC(=O)CCCCCCCCCCCCCCCCCCCCC(C)C)COC(=O)CCCCCCCCCCCCCCCCC(C)C. The van der Waals surface area contributed by atoms with Gasteiger partial charge in [0.15, 0.2) is 6.10 Å². The van der Waals surface area contributed by atoms with Crippen LogP contribution in [0, 0.1) is 11.8 Å². The average Bonchev–Trinajstić information content (AvgIpc) is 3.35. The molecular weight excluding hydrogens is 877 g/mol. The summed E-state index contributed by atoms with van der Waals surface area (Å²) in [6.45, 7) is 11.5. The zero-order valence-electron chi connectivity index (χ0n) is 48.9. The fraction of sp³-hybridized carbons (Fsp3) is 0.954. The largest absolute Gasteiger partial charge is 0.462 e. The molecular formula is C65H126O6. The molecule has 0 saturated heterocycles. The summed E-state index contributed by atoms with van der Waals surface area (Å²) in [5.74, 6) is 0.874. The zero-order chi connectivity index (χ0) is 51.8. The van der Waals surface area contributed by atoms with Gasteiger partial charge in [-0.05, 0) is 31.1 Å². The molecule has 0 aliphatic heterocycles. The van der Waals surface area contributed by atoms with Gasteiger partial charge in [0.25, 0.3) is 0 Å². The van der Waals surface area contributed by atoms with E-state index >= 15 is 0 Å². The molecule has 0 saturated carbocycles. The van der Waals surface area contributed by atoms with Crippen molar-refractivity contribution in [1.82, 2.24) is 0 Å². The molecule has 71 heavy (non-hydrogen) atoms. The number of carbonyl (C=O) groups excluding carboxylic acids is 3. The smallest absolute Gasteiger partial charge is 0.306 e. The van der Waals surface area contributed by atoms with Crippen LogP contribution >= 0.6 is 0 Å². The first kappa shape index (κ1) is 69.4. The topological polar surface area (TPSA) is 78.9 Å². The molecule has 0 radical (unpaired) electrons. The van der Waals surface area contributed by atoms with Gasteiger partial charge in [0, 0.05) is 19.3 Å². The normalized spacial score (nSPS) is 12.0. The lowest BCUT2D eigenvalue weighted by Crippen LogP contribution is -2.30. The fourth-order valence-corrected chi connectivity index (χ4v) is 10.1. The van der Waals surface area contributed by atoms with Crippen LogP contribution in [-0.2, 0) is 28.6 Å². The standard InChI is InChI=1S/C65H126O6/c1-6-7-8-9-10-11-12-13-18-27-32-37-42-47-52-57-65(68)71-62(59-70-64(67)56-51-46-41-36-31-26-22-21-24-29-34-39-44-49-54-61(4)5)58-69-63(66)55-50-45-40-35-30-25-20-17-15-14-16-19-23-28-33-38-43-48-53-60(2)3/h60-62H,6-59H2,1-5H3/t62-/m0/s1. The Kier molecular flexibility index (Phi) is 56.4. The predicted octanol–water partition coefficient (Wildman–Crippen LogP) is 21.6.